The third kappa shape index (κ3) is 6.64. The molecule has 0 aliphatic carbocycles. The highest BCUT2D eigenvalue weighted by molar-refractivity contribution is 7.89. The zero-order chi connectivity index (χ0) is 26.3. The summed E-state index contributed by atoms with van der Waals surface area (Å²) in [5.41, 5.74) is 3.37. The van der Waals surface area contributed by atoms with Crippen LogP contribution in [0.3, 0.4) is 0 Å². The van der Waals surface area contributed by atoms with Crippen LogP contribution in [-0.4, -0.2) is 37.7 Å². The van der Waals surface area contributed by atoms with E-state index in [1.807, 2.05) is 6.92 Å². The van der Waals surface area contributed by atoms with Crippen LogP contribution in [0.5, 0.6) is 11.5 Å². The van der Waals surface area contributed by atoms with Crippen LogP contribution in [-0.2, 0) is 14.8 Å². The Labute approximate surface area is 207 Å². The van der Waals surface area contributed by atoms with Gasteiger partial charge in [0.2, 0.25) is 21.7 Å². The van der Waals surface area contributed by atoms with E-state index in [1.165, 1.54) is 25.3 Å². The molecule has 0 spiro atoms. The molecule has 188 valence electrons. The summed E-state index contributed by atoms with van der Waals surface area (Å²) in [5.74, 6) is -1.37. The van der Waals surface area contributed by atoms with E-state index in [2.05, 4.69) is 15.2 Å². The number of nitro benzene ring substituents is 1. The van der Waals surface area contributed by atoms with Gasteiger partial charge in [0.05, 0.1) is 29.2 Å². The largest absolute Gasteiger partial charge is 0.500 e. The van der Waals surface area contributed by atoms with Gasteiger partial charge in [0.25, 0.3) is 0 Å². The molecule has 0 bridgehead atoms. The monoisotopic (exact) mass is 512 g/mol. The number of carbonyl (C=O) groups is 1. The highest BCUT2D eigenvalue weighted by Crippen LogP contribution is 2.36. The molecule has 0 aromatic heterocycles. The second-order valence-electron chi connectivity index (χ2n) is 7.74. The Morgan fingerprint density at radius 2 is 1.83 bits per heavy atom. The molecule has 0 saturated carbocycles. The van der Waals surface area contributed by atoms with E-state index in [0.29, 0.717) is 5.56 Å². The Balaban J connectivity index is 1.77. The van der Waals surface area contributed by atoms with Crippen molar-refractivity contribution >= 4 is 27.8 Å². The van der Waals surface area contributed by atoms with Crippen molar-refractivity contribution in [2.75, 3.05) is 7.11 Å². The Morgan fingerprint density at radius 3 is 2.44 bits per heavy atom. The van der Waals surface area contributed by atoms with E-state index in [9.17, 15) is 28.4 Å². The number of benzene rings is 3. The summed E-state index contributed by atoms with van der Waals surface area (Å²) < 4.78 is 33.3. The molecular formula is C24H24N4O7S. The minimum absolute atomic E-state index is 0.0651. The minimum Gasteiger partial charge on any atom is -0.500 e. The lowest BCUT2D eigenvalue weighted by Gasteiger charge is -2.18. The van der Waals surface area contributed by atoms with Crippen LogP contribution in [0.4, 0.5) is 5.69 Å². The number of aryl methyl sites for hydroxylation is 1. The number of nitrogens with one attached hydrogen (secondary N) is 2. The van der Waals surface area contributed by atoms with Crippen LogP contribution in [0.15, 0.2) is 76.7 Å². The third-order valence-corrected chi connectivity index (χ3v) is 6.60. The second kappa shape index (κ2) is 11.4. The number of nitrogens with zero attached hydrogens (tertiary/aromatic N) is 2. The van der Waals surface area contributed by atoms with Crippen molar-refractivity contribution in [3.63, 3.8) is 0 Å². The number of rotatable bonds is 10. The SMILES string of the molecule is COc1cc(/C=N\NC(=O)C[C@@H](NS(=O)(=O)c2ccc(C)cc2)c2ccccc2)cc([N+](=O)[O-])c1O. The standard InChI is InChI=1S/C24H24N4O7S/c1-16-8-10-19(11-9-16)36(33,34)27-20(18-6-4-3-5-7-18)14-23(29)26-25-15-17-12-21(28(31)32)24(30)22(13-17)35-2/h3-13,15,20,27,30H,14H2,1-2H3,(H,26,29)/b25-15-/t20-/m1/s1. The maximum Gasteiger partial charge on any atom is 0.315 e. The van der Waals surface area contributed by atoms with Crippen LogP contribution in [0, 0.1) is 17.0 Å². The van der Waals surface area contributed by atoms with Gasteiger partial charge in [0, 0.05) is 18.1 Å². The molecule has 0 radical (unpaired) electrons. The molecule has 1 amide bonds. The quantitative estimate of drug-likeness (QED) is 0.214. The van der Waals surface area contributed by atoms with Crippen molar-refractivity contribution in [3.05, 3.63) is 93.5 Å². The Hall–Kier alpha value is -4.29. The molecule has 0 unspecified atom stereocenters. The summed E-state index contributed by atoms with van der Waals surface area (Å²) in [6, 6.07) is 16.4. The van der Waals surface area contributed by atoms with Gasteiger partial charge >= 0.3 is 5.69 Å². The lowest BCUT2D eigenvalue weighted by atomic mass is 10.0. The van der Waals surface area contributed by atoms with E-state index >= 15 is 0 Å². The van der Waals surface area contributed by atoms with Crippen LogP contribution in [0.2, 0.25) is 0 Å². The fourth-order valence-electron chi connectivity index (χ4n) is 3.28. The summed E-state index contributed by atoms with van der Waals surface area (Å²) in [6.45, 7) is 1.84. The number of hydrazone groups is 1. The number of sulfonamides is 1. The highest BCUT2D eigenvalue weighted by atomic mass is 32.2. The summed E-state index contributed by atoms with van der Waals surface area (Å²) in [6.07, 6.45) is 0.867. The molecule has 0 saturated heterocycles. The number of methoxy groups -OCH3 is 1. The highest BCUT2D eigenvalue weighted by Gasteiger charge is 2.24. The van der Waals surface area contributed by atoms with Crippen LogP contribution in [0.25, 0.3) is 0 Å². The number of hydrogen-bond acceptors (Lipinski definition) is 8. The maximum absolute atomic E-state index is 12.9. The summed E-state index contributed by atoms with van der Waals surface area (Å²) >= 11 is 0. The molecule has 0 fully saturated rings. The van der Waals surface area contributed by atoms with Crippen molar-refractivity contribution < 1.29 is 28.0 Å². The Morgan fingerprint density at radius 1 is 1.17 bits per heavy atom. The molecule has 0 heterocycles. The van der Waals surface area contributed by atoms with Gasteiger partial charge in [-0.05, 0) is 30.7 Å². The predicted octanol–water partition coefficient (Wildman–Crippen LogP) is 3.18. The lowest BCUT2D eigenvalue weighted by molar-refractivity contribution is -0.386. The normalized spacial score (nSPS) is 12.3. The lowest BCUT2D eigenvalue weighted by Crippen LogP contribution is -2.32. The van der Waals surface area contributed by atoms with Gasteiger partial charge in [-0.1, -0.05) is 48.0 Å². The fourth-order valence-corrected chi connectivity index (χ4v) is 4.50. The molecule has 0 aliphatic rings. The van der Waals surface area contributed by atoms with Crippen LogP contribution in [0.1, 0.15) is 29.2 Å². The number of hydrogen-bond donors (Lipinski definition) is 3. The number of carbonyl (C=O) groups excluding carboxylic acids is 1. The minimum atomic E-state index is -3.93. The molecule has 3 N–H and O–H groups in total. The van der Waals surface area contributed by atoms with Gasteiger partial charge in [-0.3, -0.25) is 14.9 Å². The molecule has 12 heteroatoms. The fraction of sp³-hybridized carbons (Fsp3) is 0.167. The van der Waals surface area contributed by atoms with Gasteiger partial charge in [0.1, 0.15) is 0 Å². The molecule has 3 rings (SSSR count). The molecule has 3 aromatic carbocycles. The maximum atomic E-state index is 12.9. The predicted molar refractivity (Wildman–Crippen MR) is 132 cm³/mol. The van der Waals surface area contributed by atoms with Gasteiger partial charge < -0.3 is 9.84 Å². The molecule has 1 atom stereocenters. The number of ether oxygens (including phenoxy) is 1. The molecule has 11 nitrogen and oxygen atoms in total. The molecule has 0 aliphatic heterocycles. The first-order valence-electron chi connectivity index (χ1n) is 10.6. The Kier molecular flexibility index (Phi) is 8.35. The number of phenolic OH excluding ortho intramolecular Hbond substituents is 1. The third-order valence-electron chi connectivity index (χ3n) is 5.12. The van der Waals surface area contributed by atoms with Gasteiger partial charge in [0.15, 0.2) is 5.75 Å². The van der Waals surface area contributed by atoms with E-state index in [0.717, 1.165) is 17.8 Å². The molecular weight excluding hydrogens is 488 g/mol. The zero-order valence-corrected chi connectivity index (χ0v) is 20.2. The number of nitro groups is 1. The van der Waals surface area contributed by atoms with Crippen molar-refractivity contribution in [1.82, 2.24) is 10.1 Å². The molecule has 36 heavy (non-hydrogen) atoms. The number of aromatic hydroxyl groups is 1. The van der Waals surface area contributed by atoms with E-state index in [-0.39, 0.29) is 22.6 Å². The number of amides is 1. The van der Waals surface area contributed by atoms with Gasteiger partial charge in [-0.2, -0.15) is 5.10 Å². The average molecular weight is 513 g/mol. The van der Waals surface area contributed by atoms with Crippen molar-refractivity contribution in [1.29, 1.82) is 0 Å². The van der Waals surface area contributed by atoms with E-state index in [1.54, 1.807) is 42.5 Å². The summed E-state index contributed by atoms with van der Waals surface area (Å²) in [5, 5.41) is 24.8. The second-order valence-corrected chi connectivity index (χ2v) is 9.46. The zero-order valence-electron chi connectivity index (χ0n) is 19.4. The topological polar surface area (TPSA) is 160 Å². The number of phenols is 1. The first-order valence-corrected chi connectivity index (χ1v) is 12.1. The van der Waals surface area contributed by atoms with E-state index < -0.39 is 38.3 Å². The van der Waals surface area contributed by atoms with Crippen molar-refractivity contribution in [2.24, 2.45) is 5.10 Å². The first-order chi connectivity index (χ1) is 17.1. The average Bonchev–Trinajstić information content (AvgIpc) is 2.85. The van der Waals surface area contributed by atoms with Gasteiger partial charge in [-0.15, -0.1) is 0 Å². The van der Waals surface area contributed by atoms with E-state index in [4.69, 9.17) is 4.74 Å². The smallest absolute Gasteiger partial charge is 0.315 e. The van der Waals surface area contributed by atoms with Crippen molar-refractivity contribution in [2.45, 2.75) is 24.3 Å². The summed E-state index contributed by atoms with van der Waals surface area (Å²) in [7, 11) is -2.69. The van der Waals surface area contributed by atoms with Gasteiger partial charge in [-0.25, -0.2) is 18.6 Å². The van der Waals surface area contributed by atoms with Crippen LogP contribution < -0.4 is 14.9 Å². The Bertz CT molecular complexity index is 1380. The molecule has 3 aromatic rings. The van der Waals surface area contributed by atoms with Crippen molar-refractivity contribution in [3.8, 4) is 11.5 Å². The summed E-state index contributed by atoms with van der Waals surface area (Å²) in [4.78, 5) is 23.0. The first kappa shape index (κ1) is 26.3. The van der Waals surface area contributed by atoms with Crippen LogP contribution >= 0.6 is 0 Å².